The number of thiol groups is 1. The third-order valence-corrected chi connectivity index (χ3v) is 6.61. The number of halogens is 3. The van der Waals surface area contributed by atoms with Crippen LogP contribution in [0.4, 0.5) is 4.39 Å². The van der Waals surface area contributed by atoms with Crippen LogP contribution in [0.3, 0.4) is 0 Å². The van der Waals surface area contributed by atoms with Crippen molar-refractivity contribution in [2.24, 2.45) is 0 Å². The molecule has 27 heavy (non-hydrogen) atoms. The largest absolute Gasteiger partial charge is 0.298 e. The Balaban J connectivity index is 2.50. The van der Waals surface area contributed by atoms with Crippen LogP contribution in [0.25, 0.3) is 5.57 Å². The van der Waals surface area contributed by atoms with Gasteiger partial charge in [0.05, 0.1) is 14.8 Å². The van der Waals surface area contributed by atoms with Crippen LogP contribution in [0, 0.1) is 13.8 Å². The average molecular weight is 425 g/mol. The summed E-state index contributed by atoms with van der Waals surface area (Å²) in [5.74, 6) is 0. The maximum absolute atomic E-state index is 14.8. The van der Waals surface area contributed by atoms with Crippen molar-refractivity contribution >= 4 is 47.7 Å². The third-order valence-electron chi connectivity index (χ3n) is 4.94. The van der Waals surface area contributed by atoms with Gasteiger partial charge in [0, 0.05) is 5.56 Å². The van der Waals surface area contributed by atoms with E-state index < -0.39 is 10.9 Å². The highest BCUT2D eigenvalue weighted by atomic mass is 35.5. The molecule has 0 aromatic heterocycles. The normalized spacial score (nSPS) is 15.3. The molecule has 0 amide bonds. The molecule has 0 aliphatic carbocycles. The molecule has 0 bridgehead atoms. The smallest absolute Gasteiger partial charge is 0.150 e. The van der Waals surface area contributed by atoms with Crippen LogP contribution in [0.15, 0.2) is 36.4 Å². The van der Waals surface area contributed by atoms with E-state index >= 15 is 0 Å². The summed E-state index contributed by atoms with van der Waals surface area (Å²) in [7, 11) is 0. The number of hydrogen-bond acceptors (Lipinski definition) is 2. The van der Waals surface area contributed by atoms with Crippen LogP contribution in [0.5, 0.6) is 0 Å². The van der Waals surface area contributed by atoms with Crippen LogP contribution in [-0.2, 0) is 4.75 Å². The second kappa shape index (κ2) is 8.81. The van der Waals surface area contributed by atoms with Crippen LogP contribution in [0.1, 0.15) is 52.9 Å². The van der Waals surface area contributed by atoms with Gasteiger partial charge in [0.2, 0.25) is 0 Å². The van der Waals surface area contributed by atoms with Crippen molar-refractivity contribution in [3.05, 3.63) is 74.3 Å². The zero-order valence-corrected chi connectivity index (χ0v) is 18.2. The summed E-state index contributed by atoms with van der Waals surface area (Å²) in [6.07, 6.45) is 1.91. The standard InChI is InChI=1S/C22H23Cl2FOS/c1-5-16(17-6-7-18(12-26)13(2)8-17)11-22(27,15(4)25)19-9-14(3)21(24)20(23)10-19/h5-10,12,15,27H,11H2,1-4H3. The van der Waals surface area contributed by atoms with Crippen molar-refractivity contribution < 1.29 is 9.18 Å². The van der Waals surface area contributed by atoms with Gasteiger partial charge in [0.1, 0.15) is 12.5 Å². The van der Waals surface area contributed by atoms with Crippen molar-refractivity contribution in [1.29, 1.82) is 0 Å². The fourth-order valence-electron chi connectivity index (χ4n) is 3.12. The van der Waals surface area contributed by atoms with Gasteiger partial charge < -0.3 is 0 Å². The SMILES string of the molecule is CC=C(CC(S)(c1cc(C)c(Cl)c(Cl)c1)C(C)F)c1ccc(C=O)c(C)c1. The Morgan fingerprint density at radius 1 is 1.22 bits per heavy atom. The predicted molar refractivity (Wildman–Crippen MR) is 117 cm³/mol. The van der Waals surface area contributed by atoms with E-state index in [4.69, 9.17) is 35.8 Å². The molecule has 0 spiro atoms. The molecular formula is C22H23Cl2FOS. The molecule has 2 unspecified atom stereocenters. The summed E-state index contributed by atoms with van der Waals surface area (Å²) >= 11 is 17.2. The molecule has 2 aromatic carbocycles. The Labute approximate surface area is 176 Å². The molecule has 0 heterocycles. The molecule has 0 radical (unpaired) electrons. The quantitative estimate of drug-likeness (QED) is 0.377. The summed E-state index contributed by atoms with van der Waals surface area (Å²) in [4.78, 5) is 11.1. The molecule has 0 saturated carbocycles. The highest BCUT2D eigenvalue weighted by Gasteiger charge is 2.36. The first-order chi connectivity index (χ1) is 12.6. The molecule has 0 aliphatic heterocycles. The molecule has 1 nitrogen and oxygen atoms in total. The first-order valence-electron chi connectivity index (χ1n) is 8.68. The lowest BCUT2D eigenvalue weighted by atomic mass is 9.84. The van der Waals surface area contributed by atoms with Gasteiger partial charge in [-0.15, -0.1) is 0 Å². The minimum Gasteiger partial charge on any atom is -0.298 e. The lowest BCUT2D eigenvalue weighted by Crippen LogP contribution is -2.30. The number of carbonyl (C=O) groups is 1. The number of benzene rings is 2. The summed E-state index contributed by atoms with van der Waals surface area (Å²) in [6, 6.07) is 9.13. The number of allylic oxidation sites excluding steroid dienone is 2. The van der Waals surface area contributed by atoms with Crippen LogP contribution < -0.4 is 0 Å². The van der Waals surface area contributed by atoms with Gasteiger partial charge in [-0.25, -0.2) is 4.39 Å². The van der Waals surface area contributed by atoms with E-state index in [-0.39, 0.29) is 0 Å². The van der Waals surface area contributed by atoms with Gasteiger partial charge in [-0.1, -0.05) is 53.5 Å². The second-order valence-corrected chi connectivity index (χ2v) is 8.39. The molecule has 2 aromatic rings. The molecular weight excluding hydrogens is 402 g/mol. The number of aryl methyl sites for hydroxylation is 2. The van der Waals surface area contributed by atoms with E-state index in [9.17, 15) is 9.18 Å². The molecule has 0 saturated heterocycles. The summed E-state index contributed by atoms with van der Waals surface area (Å²) < 4.78 is 13.7. The van der Waals surface area contributed by atoms with Gasteiger partial charge >= 0.3 is 0 Å². The molecule has 144 valence electrons. The van der Waals surface area contributed by atoms with E-state index in [1.165, 1.54) is 6.92 Å². The first kappa shape index (κ1) is 22.0. The Bertz CT molecular complexity index is 869. The number of alkyl halides is 1. The third kappa shape index (κ3) is 4.59. The van der Waals surface area contributed by atoms with Gasteiger partial charge in [0.25, 0.3) is 0 Å². The maximum atomic E-state index is 14.8. The summed E-state index contributed by atoms with van der Waals surface area (Å²) in [5, 5.41) is 0.855. The lowest BCUT2D eigenvalue weighted by Gasteiger charge is -2.33. The number of rotatable bonds is 6. The van der Waals surface area contributed by atoms with E-state index in [1.807, 2.05) is 45.0 Å². The fourth-order valence-corrected chi connectivity index (χ4v) is 3.79. The fraction of sp³-hybridized carbons (Fsp3) is 0.318. The Hall–Kier alpha value is -1.29. The Kier molecular flexibility index (Phi) is 7.18. The van der Waals surface area contributed by atoms with Crippen LogP contribution in [0.2, 0.25) is 10.0 Å². The monoisotopic (exact) mass is 424 g/mol. The first-order valence-corrected chi connectivity index (χ1v) is 9.88. The predicted octanol–water partition coefficient (Wildman–Crippen LogP) is 7.40. The minimum absolute atomic E-state index is 0.363. The molecule has 0 aliphatic rings. The van der Waals surface area contributed by atoms with Gasteiger partial charge in [0.15, 0.2) is 0 Å². The summed E-state index contributed by atoms with van der Waals surface area (Å²) in [5.41, 5.74) is 4.88. The second-order valence-electron chi connectivity index (χ2n) is 6.81. The molecule has 0 N–H and O–H groups in total. The number of hydrogen-bond donors (Lipinski definition) is 1. The minimum atomic E-state index is -1.23. The van der Waals surface area contributed by atoms with Crippen LogP contribution >= 0.6 is 35.8 Å². The van der Waals surface area contributed by atoms with Crippen LogP contribution in [-0.4, -0.2) is 12.5 Å². The van der Waals surface area contributed by atoms with Crippen molar-refractivity contribution in [3.63, 3.8) is 0 Å². The van der Waals surface area contributed by atoms with E-state index in [2.05, 4.69) is 0 Å². The molecule has 5 heteroatoms. The van der Waals surface area contributed by atoms with Crippen molar-refractivity contribution in [2.45, 2.75) is 45.0 Å². The molecule has 2 rings (SSSR count). The zero-order chi connectivity index (χ0) is 20.4. The Morgan fingerprint density at radius 3 is 2.37 bits per heavy atom. The molecule has 2 atom stereocenters. The highest BCUT2D eigenvalue weighted by Crippen LogP contribution is 2.44. The molecule has 0 fully saturated rings. The zero-order valence-electron chi connectivity index (χ0n) is 15.8. The van der Waals surface area contributed by atoms with E-state index in [0.717, 1.165) is 28.5 Å². The van der Waals surface area contributed by atoms with Crippen molar-refractivity contribution in [1.82, 2.24) is 0 Å². The highest BCUT2D eigenvalue weighted by molar-refractivity contribution is 7.81. The number of aldehydes is 1. The van der Waals surface area contributed by atoms with Gasteiger partial charge in [-0.3, -0.25) is 4.79 Å². The van der Waals surface area contributed by atoms with E-state index in [0.29, 0.717) is 27.6 Å². The number of carbonyl (C=O) groups excluding carboxylic acids is 1. The van der Waals surface area contributed by atoms with E-state index in [1.54, 1.807) is 12.1 Å². The topological polar surface area (TPSA) is 17.1 Å². The van der Waals surface area contributed by atoms with Crippen molar-refractivity contribution in [3.8, 4) is 0 Å². The van der Waals surface area contributed by atoms with Crippen molar-refractivity contribution in [2.75, 3.05) is 0 Å². The van der Waals surface area contributed by atoms with Gasteiger partial charge in [-0.05, 0) is 68.0 Å². The summed E-state index contributed by atoms with van der Waals surface area (Å²) in [6.45, 7) is 7.13. The Morgan fingerprint density at radius 2 is 1.89 bits per heavy atom. The lowest BCUT2D eigenvalue weighted by molar-refractivity contribution is 0.112. The maximum Gasteiger partial charge on any atom is 0.150 e. The van der Waals surface area contributed by atoms with Gasteiger partial charge in [-0.2, -0.15) is 12.6 Å². The average Bonchev–Trinajstić information content (AvgIpc) is 2.63.